The van der Waals surface area contributed by atoms with Gasteiger partial charge in [0.25, 0.3) is 0 Å². The lowest BCUT2D eigenvalue weighted by atomic mass is 9.90. The van der Waals surface area contributed by atoms with Crippen LogP contribution in [-0.2, 0) is 0 Å². The van der Waals surface area contributed by atoms with Crippen LogP contribution in [0.4, 0.5) is 0 Å². The Kier molecular flexibility index (Phi) is 4.84. The summed E-state index contributed by atoms with van der Waals surface area (Å²) in [5.41, 5.74) is 5.60. The number of benzene rings is 7. The van der Waals surface area contributed by atoms with E-state index in [0.717, 1.165) is 16.8 Å². The molecule has 0 amide bonds. The lowest BCUT2D eigenvalue weighted by molar-refractivity contribution is 1.43. The third-order valence-electron chi connectivity index (χ3n) is 8.43. The highest BCUT2D eigenvalue weighted by Gasteiger charge is 2.19. The van der Waals surface area contributed by atoms with Crippen LogP contribution in [0.25, 0.3) is 85.8 Å². The highest BCUT2D eigenvalue weighted by Crippen LogP contribution is 2.45. The van der Waals surface area contributed by atoms with Crippen LogP contribution in [0.3, 0.4) is 0 Å². The molecular weight excluding hydrogens is 515 g/mol. The van der Waals surface area contributed by atoms with E-state index in [1.807, 2.05) is 11.3 Å². The maximum absolute atomic E-state index is 5.51. The quantitative estimate of drug-likeness (QED) is 0.200. The second-order valence-corrected chi connectivity index (χ2v) is 11.8. The van der Waals surface area contributed by atoms with Gasteiger partial charge in [-0.3, -0.25) is 0 Å². The van der Waals surface area contributed by atoms with Gasteiger partial charge in [0.15, 0.2) is 0 Å². The van der Waals surface area contributed by atoms with E-state index in [-0.39, 0.29) is 0 Å². The predicted octanol–water partition coefficient (Wildman–Crippen LogP) is 11.4. The Hall–Kier alpha value is -5.05. The van der Waals surface area contributed by atoms with Crippen molar-refractivity contribution in [3.8, 4) is 22.4 Å². The average molecular weight is 538 g/mol. The normalized spacial score (nSPS) is 11.9. The van der Waals surface area contributed by atoms with E-state index in [1.54, 1.807) is 0 Å². The van der Waals surface area contributed by atoms with Crippen molar-refractivity contribution in [1.82, 2.24) is 4.98 Å². The molecule has 0 atom stereocenters. The molecule has 0 spiro atoms. The maximum Gasteiger partial charge on any atom is 0.0794 e. The van der Waals surface area contributed by atoms with Gasteiger partial charge in [0.2, 0.25) is 0 Å². The number of hydrogen-bond acceptors (Lipinski definition) is 2. The number of fused-ring (bicyclic) bond motifs is 10. The molecule has 2 heteroatoms. The highest BCUT2D eigenvalue weighted by atomic mass is 32.1. The summed E-state index contributed by atoms with van der Waals surface area (Å²) in [4.78, 5) is 5.51. The molecule has 0 radical (unpaired) electrons. The third-order valence-corrected chi connectivity index (χ3v) is 9.57. The van der Waals surface area contributed by atoms with Crippen LogP contribution in [0.1, 0.15) is 0 Å². The monoisotopic (exact) mass is 537 g/mol. The van der Waals surface area contributed by atoms with Crippen molar-refractivity contribution < 1.29 is 0 Å². The highest BCUT2D eigenvalue weighted by molar-refractivity contribution is 7.26. The second-order valence-electron chi connectivity index (χ2n) is 10.7. The van der Waals surface area contributed by atoms with Gasteiger partial charge in [-0.15, -0.1) is 11.3 Å². The number of pyridine rings is 1. The summed E-state index contributed by atoms with van der Waals surface area (Å²) >= 11 is 1.87. The van der Waals surface area contributed by atoms with Gasteiger partial charge in [0.1, 0.15) is 0 Å². The van der Waals surface area contributed by atoms with Crippen molar-refractivity contribution in [2.75, 3.05) is 0 Å². The van der Waals surface area contributed by atoms with Gasteiger partial charge in [0.05, 0.1) is 11.2 Å². The predicted molar refractivity (Wildman–Crippen MR) is 178 cm³/mol. The fraction of sp³-hybridized carbons (Fsp3) is 0. The lowest BCUT2D eigenvalue weighted by Crippen LogP contribution is -1.93. The summed E-state index contributed by atoms with van der Waals surface area (Å²) < 4.78 is 2.63. The first kappa shape index (κ1) is 22.7. The summed E-state index contributed by atoms with van der Waals surface area (Å²) in [6.45, 7) is 0. The Bertz CT molecular complexity index is 2470. The van der Waals surface area contributed by atoms with E-state index in [4.69, 9.17) is 4.98 Å². The minimum atomic E-state index is 1.03. The van der Waals surface area contributed by atoms with Crippen LogP contribution in [0.15, 0.2) is 140 Å². The molecule has 9 aromatic rings. The van der Waals surface area contributed by atoms with Crippen molar-refractivity contribution >= 4 is 74.7 Å². The van der Waals surface area contributed by atoms with E-state index in [9.17, 15) is 0 Å². The third kappa shape index (κ3) is 3.32. The second kappa shape index (κ2) is 8.72. The van der Waals surface area contributed by atoms with Gasteiger partial charge in [0, 0.05) is 47.5 Å². The standard InChI is InChI=1S/C39H23NS/c1-2-11-24(12-3-1)38-32-21-22-35-37(30-17-8-9-20-34(30)41-35)36(32)31-19-10-18-29(39(31)40-38)33-23-25-13-4-5-14-26(25)27-15-6-7-16-28(27)33/h1-23H. The molecule has 7 aromatic carbocycles. The number of thiophene rings is 1. The zero-order valence-electron chi connectivity index (χ0n) is 22.1. The Morgan fingerprint density at radius 3 is 2.00 bits per heavy atom. The van der Waals surface area contributed by atoms with E-state index in [2.05, 4.69) is 140 Å². The molecule has 41 heavy (non-hydrogen) atoms. The topological polar surface area (TPSA) is 12.9 Å². The molecule has 0 saturated heterocycles. The molecule has 0 saturated carbocycles. The maximum atomic E-state index is 5.51. The average Bonchev–Trinajstić information content (AvgIpc) is 3.43. The molecule has 0 aliphatic carbocycles. The van der Waals surface area contributed by atoms with Crippen molar-refractivity contribution in [3.05, 3.63) is 140 Å². The van der Waals surface area contributed by atoms with Crippen LogP contribution in [0, 0.1) is 0 Å². The van der Waals surface area contributed by atoms with Crippen LogP contribution < -0.4 is 0 Å². The number of aromatic nitrogens is 1. The van der Waals surface area contributed by atoms with Crippen molar-refractivity contribution in [2.45, 2.75) is 0 Å². The molecule has 2 aromatic heterocycles. The first-order chi connectivity index (χ1) is 20.3. The van der Waals surface area contributed by atoms with Crippen LogP contribution in [0.2, 0.25) is 0 Å². The molecule has 0 N–H and O–H groups in total. The van der Waals surface area contributed by atoms with Gasteiger partial charge in [-0.25, -0.2) is 4.98 Å². The van der Waals surface area contributed by atoms with E-state index < -0.39 is 0 Å². The van der Waals surface area contributed by atoms with Crippen LogP contribution in [-0.4, -0.2) is 4.98 Å². The summed E-state index contributed by atoms with van der Waals surface area (Å²) in [7, 11) is 0. The molecular formula is C39H23NS. The molecule has 0 aliphatic rings. The summed E-state index contributed by atoms with van der Waals surface area (Å²) in [5, 5.41) is 11.4. The van der Waals surface area contributed by atoms with Gasteiger partial charge in [-0.05, 0) is 45.3 Å². The smallest absolute Gasteiger partial charge is 0.0794 e. The van der Waals surface area contributed by atoms with Crippen LogP contribution >= 0.6 is 11.3 Å². The first-order valence-corrected chi connectivity index (χ1v) is 14.8. The number of rotatable bonds is 2. The SMILES string of the molecule is c1ccc(-c2nc3c(-c4cc5ccccc5c5ccccc45)cccc3c3c2ccc2sc4ccccc4c23)cc1. The largest absolute Gasteiger partial charge is 0.246 e. The van der Waals surface area contributed by atoms with E-state index >= 15 is 0 Å². The summed E-state index contributed by atoms with van der Waals surface area (Å²) in [6, 6.07) is 50.5. The fourth-order valence-electron chi connectivity index (χ4n) is 6.64. The first-order valence-electron chi connectivity index (χ1n) is 14.0. The molecule has 190 valence electrons. The van der Waals surface area contributed by atoms with Crippen LogP contribution in [0.5, 0.6) is 0 Å². The van der Waals surface area contributed by atoms with E-state index in [0.29, 0.717) is 0 Å². The molecule has 0 fully saturated rings. The summed E-state index contributed by atoms with van der Waals surface area (Å²) in [5.74, 6) is 0. The van der Waals surface area contributed by atoms with Gasteiger partial charge < -0.3 is 0 Å². The molecule has 2 heterocycles. The Labute approximate surface area is 240 Å². The minimum Gasteiger partial charge on any atom is -0.246 e. The van der Waals surface area contributed by atoms with Crippen molar-refractivity contribution in [3.63, 3.8) is 0 Å². The van der Waals surface area contributed by atoms with Gasteiger partial charge in [-0.2, -0.15) is 0 Å². The number of nitrogens with zero attached hydrogens (tertiary/aromatic N) is 1. The van der Waals surface area contributed by atoms with Gasteiger partial charge >= 0.3 is 0 Å². The Balaban J connectivity index is 1.51. The number of hydrogen-bond donors (Lipinski definition) is 0. The number of para-hydroxylation sites is 1. The molecule has 0 bridgehead atoms. The fourth-order valence-corrected chi connectivity index (χ4v) is 7.76. The van der Waals surface area contributed by atoms with Crippen molar-refractivity contribution in [2.24, 2.45) is 0 Å². The molecule has 1 nitrogen and oxygen atoms in total. The molecule has 0 aliphatic heterocycles. The lowest BCUT2D eigenvalue weighted by Gasteiger charge is -2.16. The Morgan fingerprint density at radius 2 is 1.12 bits per heavy atom. The zero-order chi connectivity index (χ0) is 26.9. The zero-order valence-corrected chi connectivity index (χ0v) is 23.0. The molecule has 9 rings (SSSR count). The Morgan fingerprint density at radius 1 is 0.415 bits per heavy atom. The van der Waals surface area contributed by atoms with Crippen molar-refractivity contribution in [1.29, 1.82) is 0 Å². The summed E-state index contributed by atoms with van der Waals surface area (Å²) in [6.07, 6.45) is 0. The minimum absolute atomic E-state index is 1.03. The molecule has 0 unspecified atom stereocenters. The van der Waals surface area contributed by atoms with E-state index in [1.165, 1.54) is 69.0 Å². The van der Waals surface area contributed by atoms with Gasteiger partial charge in [-0.1, -0.05) is 121 Å².